The van der Waals surface area contributed by atoms with Gasteiger partial charge in [0.25, 0.3) is 0 Å². The number of rotatable bonds is 10. The molecule has 1 aromatic carbocycles. The summed E-state index contributed by atoms with van der Waals surface area (Å²) < 4.78 is 11.3. The van der Waals surface area contributed by atoms with Crippen LogP contribution in [0.2, 0.25) is 0 Å². The number of guanidine groups is 1. The second kappa shape index (κ2) is 14.3. The van der Waals surface area contributed by atoms with Crippen molar-refractivity contribution in [3.63, 3.8) is 0 Å². The van der Waals surface area contributed by atoms with Gasteiger partial charge in [-0.15, -0.1) is 24.0 Å². The zero-order valence-corrected chi connectivity index (χ0v) is 21.7. The predicted molar refractivity (Wildman–Crippen MR) is 136 cm³/mol. The highest BCUT2D eigenvalue weighted by atomic mass is 127. The van der Waals surface area contributed by atoms with Gasteiger partial charge in [-0.1, -0.05) is 12.1 Å². The molecule has 0 radical (unpaired) electrons. The summed E-state index contributed by atoms with van der Waals surface area (Å²) in [5, 5.41) is 6.63. The van der Waals surface area contributed by atoms with Crippen molar-refractivity contribution in [3.8, 4) is 11.5 Å². The lowest BCUT2D eigenvalue weighted by atomic mass is 10.2. The minimum Gasteiger partial charge on any atom is -0.493 e. The number of likely N-dealkylation sites (tertiary alicyclic amines) is 1. The van der Waals surface area contributed by atoms with E-state index in [0.717, 1.165) is 56.4 Å². The van der Waals surface area contributed by atoms with Crippen LogP contribution in [0.4, 0.5) is 0 Å². The number of ether oxygens (including phenoxy) is 2. The van der Waals surface area contributed by atoms with Crippen LogP contribution in [0.5, 0.6) is 11.5 Å². The van der Waals surface area contributed by atoms with Crippen LogP contribution < -0.4 is 20.1 Å². The minimum atomic E-state index is -0.0535. The molecule has 2 unspecified atom stereocenters. The first-order valence-electron chi connectivity index (χ1n) is 10.7. The Morgan fingerprint density at radius 2 is 2.00 bits per heavy atom. The number of halogens is 1. The summed E-state index contributed by atoms with van der Waals surface area (Å²) in [7, 11) is 7.05. The number of carbonyl (C=O) groups excluding carboxylic acids is 1. The lowest BCUT2D eigenvalue weighted by Gasteiger charge is -2.26. The minimum absolute atomic E-state index is 0. The Balaban J connectivity index is 0.00000480. The molecular formula is C22H38IN5O3. The van der Waals surface area contributed by atoms with Crippen molar-refractivity contribution in [1.82, 2.24) is 20.4 Å². The molecular weight excluding hydrogens is 509 g/mol. The second-order valence-corrected chi connectivity index (χ2v) is 7.74. The number of hydrogen-bond acceptors (Lipinski definition) is 5. The summed E-state index contributed by atoms with van der Waals surface area (Å²) in [6.45, 7) is 5.31. The number of aliphatic imine (C=N–C) groups is 1. The average molecular weight is 547 g/mol. The number of benzene rings is 1. The Labute approximate surface area is 203 Å². The number of carbonyl (C=O) groups is 1. The Morgan fingerprint density at radius 1 is 1.29 bits per heavy atom. The molecule has 2 rings (SSSR count). The first-order valence-corrected chi connectivity index (χ1v) is 10.7. The van der Waals surface area contributed by atoms with Gasteiger partial charge in [0.1, 0.15) is 6.10 Å². The highest BCUT2D eigenvalue weighted by Crippen LogP contribution is 2.26. The summed E-state index contributed by atoms with van der Waals surface area (Å²) >= 11 is 0. The zero-order valence-electron chi connectivity index (χ0n) is 19.4. The smallest absolute Gasteiger partial charge is 0.239 e. The molecule has 0 aliphatic carbocycles. The van der Waals surface area contributed by atoms with Crippen LogP contribution in [-0.4, -0.2) is 88.2 Å². The first-order chi connectivity index (χ1) is 14.5. The van der Waals surface area contributed by atoms with E-state index in [1.165, 1.54) is 0 Å². The van der Waals surface area contributed by atoms with Gasteiger partial charge < -0.3 is 25.0 Å². The van der Waals surface area contributed by atoms with Crippen LogP contribution in [0.25, 0.3) is 0 Å². The van der Waals surface area contributed by atoms with Crippen molar-refractivity contribution in [2.24, 2.45) is 4.99 Å². The molecule has 9 heteroatoms. The van der Waals surface area contributed by atoms with Crippen LogP contribution >= 0.6 is 24.0 Å². The fourth-order valence-electron chi connectivity index (χ4n) is 3.60. The van der Waals surface area contributed by atoms with E-state index in [4.69, 9.17) is 9.47 Å². The Hall–Kier alpha value is -1.75. The highest BCUT2D eigenvalue weighted by Gasteiger charge is 2.30. The van der Waals surface area contributed by atoms with Crippen LogP contribution in [0, 0.1) is 0 Å². The molecule has 1 aliphatic heterocycles. The van der Waals surface area contributed by atoms with Gasteiger partial charge in [0.05, 0.1) is 19.7 Å². The predicted octanol–water partition coefficient (Wildman–Crippen LogP) is 2.19. The third kappa shape index (κ3) is 8.72. The maximum atomic E-state index is 12.3. The van der Waals surface area contributed by atoms with Gasteiger partial charge in [-0.3, -0.25) is 14.7 Å². The zero-order chi connectivity index (χ0) is 21.9. The molecule has 1 saturated heterocycles. The van der Waals surface area contributed by atoms with Crippen molar-refractivity contribution in [2.45, 2.75) is 38.3 Å². The highest BCUT2D eigenvalue weighted by molar-refractivity contribution is 14.0. The van der Waals surface area contributed by atoms with Crippen molar-refractivity contribution in [3.05, 3.63) is 24.3 Å². The molecule has 0 bridgehead atoms. The standard InChI is InChI=1S/C22H37N5O3.HI/c1-17(30-20-12-7-6-11-19(20)29-5)16-25-22(23-2)24-13-9-15-27-14-8-10-18(27)21(28)26(3)4;/h6-7,11-12,17-18H,8-10,13-16H2,1-5H3,(H2,23,24,25);1H. The Morgan fingerprint density at radius 3 is 2.65 bits per heavy atom. The molecule has 1 aromatic rings. The van der Waals surface area contributed by atoms with E-state index in [1.54, 1.807) is 19.1 Å². The summed E-state index contributed by atoms with van der Waals surface area (Å²) in [5.74, 6) is 2.40. The average Bonchev–Trinajstić information content (AvgIpc) is 3.21. The van der Waals surface area contributed by atoms with E-state index in [1.807, 2.05) is 45.3 Å². The summed E-state index contributed by atoms with van der Waals surface area (Å²) in [6, 6.07) is 7.66. The van der Waals surface area contributed by atoms with E-state index in [9.17, 15) is 4.79 Å². The molecule has 1 heterocycles. The normalized spacial score (nSPS) is 17.5. The van der Waals surface area contributed by atoms with Crippen molar-refractivity contribution in [2.75, 3.05) is 54.4 Å². The maximum absolute atomic E-state index is 12.3. The van der Waals surface area contributed by atoms with E-state index < -0.39 is 0 Å². The lowest BCUT2D eigenvalue weighted by molar-refractivity contribution is -0.133. The molecule has 0 aromatic heterocycles. The maximum Gasteiger partial charge on any atom is 0.239 e. The number of nitrogens with zero attached hydrogens (tertiary/aromatic N) is 3. The molecule has 0 saturated carbocycles. The van der Waals surface area contributed by atoms with Crippen LogP contribution in [0.3, 0.4) is 0 Å². The van der Waals surface area contributed by atoms with Crippen LogP contribution in [0.15, 0.2) is 29.3 Å². The van der Waals surface area contributed by atoms with Crippen molar-refractivity contribution in [1.29, 1.82) is 0 Å². The molecule has 1 fully saturated rings. The van der Waals surface area contributed by atoms with Crippen LogP contribution in [-0.2, 0) is 4.79 Å². The number of methoxy groups -OCH3 is 1. The van der Waals surface area contributed by atoms with E-state index in [0.29, 0.717) is 6.54 Å². The number of nitrogens with one attached hydrogen (secondary N) is 2. The number of amides is 1. The van der Waals surface area contributed by atoms with Gasteiger partial charge in [-0.05, 0) is 44.9 Å². The third-order valence-electron chi connectivity index (χ3n) is 5.18. The van der Waals surface area contributed by atoms with Crippen LogP contribution in [0.1, 0.15) is 26.2 Å². The molecule has 2 atom stereocenters. The molecule has 1 aliphatic rings. The van der Waals surface area contributed by atoms with Gasteiger partial charge in [-0.25, -0.2) is 0 Å². The molecule has 176 valence electrons. The second-order valence-electron chi connectivity index (χ2n) is 7.74. The largest absolute Gasteiger partial charge is 0.493 e. The summed E-state index contributed by atoms with van der Waals surface area (Å²) in [5.41, 5.74) is 0. The molecule has 0 spiro atoms. The van der Waals surface area contributed by atoms with Crippen molar-refractivity contribution < 1.29 is 14.3 Å². The van der Waals surface area contributed by atoms with Gasteiger partial charge >= 0.3 is 0 Å². The number of para-hydroxylation sites is 2. The van der Waals surface area contributed by atoms with Gasteiger partial charge in [0.15, 0.2) is 17.5 Å². The third-order valence-corrected chi connectivity index (χ3v) is 5.18. The van der Waals surface area contributed by atoms with Crippen molar-refractivity contribution >= 4 is 35.8 Å². The Bertz CT molecular complexity index is 701. The fourth-order valence-corrected chi connectivity index (χ4v) is 3.60. The molecule has 31 heavy (non-hydrogen) atoms. The molecule has 8 nitrogen and oxygen atoms in total. The lowest BCUT2D eigenvalue weighted by Crippen LogP contribution is -2.44. The van der Waals surface area contributed by atoms with E-state index in [-0.39, 0.29) is 42.0 Å². The Kier molecular flexibility index (Phi) is 12.6. The van der Waals surface area contributed by atoms with E-state index >= 15 is 0 Å². The SMILES string of the molecule is CN=C(NCCCN1CCCC1C(=O)N(C)C)NCC(C)Oc1ccccc1OC.I. The monoisotopic (exact) mass is 547 g/mol. The topological polar surface area (TPSA) is 78.4 Å². The van der Waals surface area contributed by atoms with Gasteiger partial charge in [0, 0.05) is 34.2 Å². The van der Waals surface area contributed by atoms with Gasteiger partial charge in [-0.2, -0.15) is 0 Å². The molecule has 2 N–H and O–H groups in total. The number of hydrogen-bond donors (Lipinski definition) is 2. The van der Waals surface area contributed by atoms with E-state index in [2.05, 4.69) is 20.5 Å². The van der Waals surface area contributed by atoms with Gasteiger partial charge in [0.2, 0.25) is 5.91 Å². The first kappa shape index (κ1) is 27.3. The number of likely N-dealkylation sites (N-methyl/N-ethyl adjacent to an activating group) is 1. The summed E-state index contributed by atoms with van der Waals surface area (Å²) in [4.78, 5) is 20.5. The quantitative estimate of drug-likeness (QED) is 0.203. The summed E-state index contributed by atoms with van der Waals surface area (Å²) in [6.07, 6.45) is 2.94. The molecule has 1 amide bonds. The fraction of sp³-hybridized carbons (Fsp3) is 0.636.